The monoisotopic (exact) mass is 356 g/mol. The Bertz CT molecular complexity index is 747. The molecular formula is C20H24N2O4. The van der Waals surface area contributed by atoms with Crippen LogP contribution in [0.2, 0.25) is 0 Å². The lowest BCUT2D eigenvalue weighted by molar-refractivity contribution is -0.141. The second-order valence-electron chi connectivity index (χ2n) is 5.77. The summed E-state index contributed by atoms with van der Waals surface area (Å²) in [5, 5.41) is 5.61. The number of hydrogen-bond acceptors (Lipinski definition) is 4. The van der Waals surface area contributed by atoms with Gasteiger partial charge in [-0.15, -0.1) is 0 Å². The molecular weight excluding hydrogens is 332 g/mol. The van der Waals surface area contributed by atoms with Gasteiger partial charge in [0.05, 0.1) is 31.9 Å². The molecule has 0 aliphatic carbocycles. The summed E-state index contributed by atoms with van der Waals surface area (Å²) < 4.78 is 10.3. The number of carbonyl (C=O) groups is 2. The number of anilines is 1. The fraction of sp³-hybridized carbons (Fsp3) is 0.300. The van der Waals surface area contributed by atoms with E-state index in [0.29, 0.717) is 18.0 Å². The second kappa shape index (κ2) is 9.46. The first-order valence-electron chi connectivity index (χ1n) is 8.46. The van der Waals surface area contributed by atoms with E-state index < -0.39 is 18.0 Å². The molecule has 138 valence electrons. The average molecular weight is 356 g/mol. The standard InChI is InChI=1S/C20H24N2O4/c1-4-26-18-12-14(2)10-11-16(18)21-20(24)22-17(13-19(23)25-3)15-8-6-5-7-9-15/h5-12,17H,4,13H2,1-3H3,(H2,21,22,24). The van der Waals surface area contributed by atoms with Crippen molar-refractivity contribution in [2.75, 3.05) is 19.0 Å². The molecule has 0 heterocycles. The van der Waals surface area contributed by atoms with E-state index in [2.05, 4.69) is 10.6 Å². The molecule has 0 fully saturated rings. The highest BCUT2D eigenvalue weighted by Gasteiger charge is 2.19. The number of esters is 1. The zero-order valence-corrected chi connectivity index (χ0v) is 15.2. The molecule has 0 saturated carbocycles. The van der Waals surface area contributed by atoms with Gasteiger partial charge in [0, 0.05) is 0 Å². The van der Waals surface area contributed by atoms with E-state index in [0.717, 1.165) is 11.1 Å². The van der Waals surface area contributed by atoms with Crippen LogP contribution in [-0.2, 0) is 9.53 Å². The molecule has 0 bridgehead atoms. The summed E-state index contributed by atoms with van der Waals surface area (Å²) in [4.78, 5) is 24.2. The van der Waals surface area contributed by atoms with Crippen LogP contribution in [-0.4, -0.2) is 25.7 Å². The molecule has 26 heavy (non-hydrogen) atoms. The highest BCUT2D eigenvalue weighted by atomic mass is 16.5. The molecule has 2 aromatic carbocycles. The number of hydrogen-bond donors (Lipinski definition) is 2. The first kappa shape index (κ1) is 19.3. The minimum Gasteiger partial charge on any atom is -0.492 e. The average Bonchev–Trinajstić information content (AvgIpc) is 2.64. The molecule has 0 radical (unpaired) electrons. The minimum absolute atomic E-state index is 0.0418. The molecule has 1 atom stereocenters. The third-order valence-electron chi connectivity index (χ3n) is 3.79. The number of amides is 2. The largest absolute Gasteiger partial charge is 0.492 e. The van der Waals surface area contributed by atoms with Crippen molar-refractivity contribution in [3.05, 3.63) is 59.7 Å². The third-order valence-corrected chi connectivity index (χ3v) is 3.79. The van der Waals surface area contributed by atoms with Crippen LogP contribution in [0.3, 0.4) is 0 Å². The molecule has 2 rings (SSSR count). The van der Waals surface area contributed by atoms with Gasteiger partial charge in [-0.25, -0.2) is 4.79 Å². The Morgan fingerprint density at radius 2 is 1.85 bits per heavy atom. The second-order valence-corrected chi connectivity index (χ2v) is 5.77. The molecule has 2 amide bonds. The smallest absolute Gasteiger partial charge is 0.319 e. The summed E-state index contributed by atoms with van der Waals surface area (Å²) in [6, 6.07) is 13.9. The van der Waals surface area contributed by atoms with Crippen molar-refractivity contribution in [1.82, 2.24) is 5.32 Å². The van der Waals surface area contributed by atoms with E-state index in [1.807, 2.05) is 56.3 Å². The maximum atomic E-state index is 12.5. The molecule has 6 nitrogen and oxygen atoms in total. The van der Waals surface area contributed by atoms with Crippen LogP contribution in [0, 0.1) is 6.92 Å². The zero-order valence-electron chi connectivity index (χ0n) is 15.2. The van der Waals surface area contributed by atoms with Crippen LogP contribution < -0.4 is 15.4 Å². The lowest BCUT2D eigenvalue weighted by Crippen LogP contribution is -2.34. The topological polar surface area (TPSA) is 76.7 Å². The zero-order chi connectivity index (χ0) is 18.9. The number of rotatable bonds is 7. The van der Waals surface area contributed by atoms with Crippen LogP contribution in [0.4, 0.5) is 10.5 Å². The Morgan fingerprint density at radius 3 is 2.50 bits per heavy atom. The summed E-state index contributed by atoms with van der Waals surface area (Å²) in [6.45, 7) is 4.33. The van der Waals surface area contributed by atoms with Crippen LogP contribution in [0.5, 0.6) is 5.75 Å². The van der Waals surface area contributed by atoms with E-state index in [1.165, 1.54) is 7.11 Å². The van der Waals surface area contributed by atoms with Gasteiger partial charge >= 0.3 is 12.0 Å². The summed E-state index contributed by atoms with van der Waals surface area (Å²) in [6.07, 6.45) is 0.0418. The Labute approximate surface area is 153 Å². The fourth-order valence-electron chi connectivity index (χ4n) is 2.51. The van der Waals surface area contributed by atoms with Crippen LogP contribution >= 0.6 is 0 Å². The van der Waals surface area contributed by atoms with Gasteiger partial charge in [0.1, 0.15) is 5.75 Å². The molecule has 6 heteroatoms. The Morgan fingerprint density at radius 1 is 1.12 bits per heavy atom. The minimum atomic E-state index is -0.496. The van der Waals surface area contributed by atoms with Gasteiger partial charge in [-0.1, -0.05) is 36.4 Å². The van der Waals surface area contributed by atoms with Gasteiger partial charge in [0.2, 0.25) is 0 Å². The van der Waals surface area contributed by atoms with Gasteiger partial charge in [-0.2, -0.15) is 0 Å². The van der Waals surface area contributed by atoms with Gasteiger partial charge in [-0.05, 0) is 37.1 Å². The summed E-state index contributed by atoms with van der Waals surface area (Å²) in [5.74, 6) is 0.205. The normalized spacial score (nSPS) is 11.3. The van der Waals surface area contributed by atoms with Crippen molar-refractivity contribution in [2.45, 2.75) is 26.3 Å². The van der Waals surface area contributed by atoms with Crippen LogP contribution in [0.25, 0.3) is 0 Å². The van der Waals surface area contributed by atoms with Gasteiger partial charge in [-0.3, -0.25) is 4.79 Å². The van der Waals surface area contributed by atoms with Gasteiger partial charge in [0.15, 0.2) is 0 Å². The van der Waals surface area contributed by atoms with Crippen molar-refractivity contribution in [3.8, 4) is 5.75 Å². The molecule has 2 N–H and O–H groups in total. The molecule has 2 aromatic rings. The Balaban J connectivity index is 2.13. The van der Waals surface area contributed by atoms with Crippen molar-refractivity contribution in [1.29, 1.82) is 0 Å². The number of benzene rings is 2. The SMILES string of the molecule is CCOc1cc(C)ccc1NC(=O)NC(CC(=O)OC)c1ccccc1. The van der Waals surface area contributed by atoms with E-state index in [9.17, 15) is 9.59 Å². The lowest BCUT2D eigenvalue weighted by atomic mass is 10.0. The van der Waals surface area contributed by atoms with E-state index in [4.69, 9.17) is 9.47 Å². The van der Waals surface area contributed by atoms with Crippen molar-refractivity contribution in [2.24, 2.45) is 0 Å². The Kier molecular flexibility index (Phi) is 7.02. The van der Waals surface area contributed by atoms with Crippen molar-refractivity contribution >= 4 is 17.7 Å². The molecule has 0 saturated heterocycles. The summed E-state index contributed by atoms with van der Waals surface area (Å²) in [5.41, 5.74) is 2.43. The first-order valence-corrected chi connectivity index (χ1v) is 8.46. The number of nitrogens with one attached hydrogen (secondary N) is 2. The molecule has 1 unspecified atom stereocenters. The summed E-state index contributed by atoms with van der Waals surface area (Å²) >= 11 is 0. The maximum Gasteiger partial charge on any atom is 0.319 e. The van der Waals surface area contributed by atoms with Crippen LogP contribution in [0.1, 0.15) is 30.5 Å². The number of methoxy groups -OCH3 is 1. The molecule has 0 spiro atoms. The third kappa shape index (κ3) is 5.51. The predicted octanol–water partition coefficient (Wildman–Crippen LogP) is 3.82. The predicted molar refractivity (Wildman–Crippen MR) is 100 cm³/mol. The van der Waals surface area contributed by atoms with Gasteiger partial charge < -0.3 is 20.1 Å². The highest BCUT2D eigenvalue weighted by Crippen LogP contribution is 2.26. The first-order chi connectivity index (χ1) is 12.5. The van der Waals surface area contributed by atoms with E-state index >= 15 is 0 Å². The maximum absolute atomic E-state index is 12.5. The van der Waals surface area contributed by atoms with Crippen molar-refractivity contribution in [3.63, 3.8) is 0 Å². The lowest BCUT2D eigenvalue weighted by Gasteiger charge is -2.19. The van der Waals surface area contributed by atoms with Crippen LogP contribution in [0.15, 0.2) is 48.5 Å². The number of urea groups is 1. The highest BCUT2D eigenvalue weighted by molar-refractivity contribution is 5.91. The van der Waals surface area contributed by atoms with E-state index in [-0.39, 0.29) is 6.42 Å². The molecule has 0 aliphatic rings. The number of carbonyl (C=O) groups excluding carboxylic acids is 2. The summed E-state index contributed by atoms with van der Waals surface area (Å²) in [7, 11) is 1.32. The molecule has 0 aliphatic heterocycles. The number of ether oxygens (including phenoxy) is 2. The van der Waals surface area contributed by atoms with E-state index in [1.54, 1.807) is 6.07 Å². The Hall–Kier alpha value is -3.02. The fourth-order valence-corrected chi connectivity index (χ4v) is 2.51. The molecule has 0 aromatic heterocycles. The number of aryl methyl sites for hydroxylation is 1. The van der Waals surface area contributed by atoms with Crippen molar-refractivity contribution < 1.29 is 19.1 Å². The quantitative estimate of drug-likeness (QED) is 0.740. The van der Waals surface area contributed by atoms with Gasteiger partial charge in [0.25, 0.3) is 0 Å².